The molecule has 0 bridgehead atoms. The van der Waals surface area contributed by atoms with E-state index in [1.165, 1.54) is 10.5 Å². The van der Waals surface area contributed by atoms with Crippen molar-refractivity contribution in [2.24, 2.45) is 0 Å². The van der Waals surface area contributed by atoms with Crippen LogP contribution >= 0.6 is 11.6 Å². The maximum absolute atomic E-state index is 12.7. The smallest absolute Gasteiger partial charge is 0.254 e. The van der Waals surface area contributed by atoms with Crippen LogP contribution in [0.25, 0.3) is 0 Å². The molecule has 1 amide bonds. The average molecular weight is 374 g/mol. The Bertz CT molecular complexity index is 832. The summed E-state index contributed by atoms with van der Waals surface area (Å²) >= 11 is 6.16. The minimum atomic E-state index is 0.0639. The lowest BCUT2D eigenvalue weighted by atomic mass is 10.1. The maximum Gasteiger partial charge on any atom is 0.254 e. The van der Waals surface area contributed by atoms with Crippen molar-refractivity contribution in [2.75, 3.05) is 33.0 Å². The molecular formula is C20H22ClN2O3+. The van der Waals surface area contributed by atoms with Crippen molar-refractivity contribution in [3.63, 3.8) is 0 Å². The number of piperazine rings is 1. The predicted octanol–water partition coefficient (Wildman–Crippen LogP) is 1.92. The van der Waals surface area contributed by atoms with Gasteiger partial charge in [0.25, 0.3) is 5.91 Å². The lowest BCUT2D eigenvalue weighted by Crippen LogP contribution is -3.13. The third kappa shape index (κ3) is 3.50. The highest BCUT2D eigenvalue weighted by atomic mass is 35.5. The van der Waals surface area contributed by atoms with Gasteiger partial charge in [-0.1, -0.05) is 17.7 Å². The van der Waals surface area contributed by atoms with E-state index in [4.69, 9.17) is 21.1 Å². The van der Waals surface area contributed by atoms with Crippen LogP contribution in [-0.2, 0) is 6.54 Å². The molecule has 2 heterocycles. The number of benzene rings is 2. The number of carbonyl (C=O) groups excluding carboxylic acids is 1. The van der Waals surface area contributed by atoms with E-state index in [2.05, 4.69) is 12.1 Å². The molecule has 2 aromatic carbocycles. The molecule has 0 aliphatic carbocycles. The molecule has 0 saturated carbocycles. The van der Waals surface area contributed by atoms with E-state index in [1.807, 2.05) is 30.0 Å². The van der Waals surface area contributed by atoms with Gasteiger partial charge in [-0.3, -0.25) is 4.79 Å². The van der Waals surface area contributed by atoms with Crippen LogP contribution in [-0.4, -0.2) is 43.8 Å². The summed E-state index contributed by atoms with van der Waals surface area (Å²) in [6, 6.07) is 11.6. The summed E-state index contributed by atoms with van der Waals surface area (Å²) in [5, 5.41) is 0.642. The summed E-state index contributed by atoms with van der Waals surface area (Å²) in [4.78, 5) is 16.1. The Balaban J connectivity index is 1.35. The molecule has 136 valence electrons. The molecule has 0 radical (unpaired) electrons. The van der Waals surface area contributed by atoms with Gasteiger partial charge in [-0.25, -0.2) is 0 Å². The molecule has 5 nitrogen and oxygen atoms in total. The van der Waals surface area contributed by atoms with Crippen LogP contribution in [0.1, 0.15) is 21.5 Å². The highest BCUT2D eigenvalue weighted by Gasteiger charge is 2.25. The molecule has 2 aromatic rings. The third-order valence-electron chi connectivity index (χ3n) is 5.07. The van der Waals surface area contributed by atoms with Crippen molar-refractivity contribution < 1.29 is 19.2 Å². The van der Waals surface area contributed by atoms with Crippen molar-refractivity contribution in [1.29, 1.82) is 0 Å². The van der Waals surface area contributed by atoms with E-state index in [0.717, 1.165) is 49.8 Å². The second kappa shape index (κ2) is 7.17. The Kier molecular flexibility index (Phi) is 4.74. The molecular weight excluding hydrogens is 352 g/mol. The van der Waals surface area contributed by atoms with Gasteiger partial charge in [-0.15, -0.1) is 0 Å². The number of halogens is 1. The van der Waals surface area contributed by atoms with Gasteiger partial charge in [-0.05, 0) is 42.8 Å². The molecule has 26 heavy (non-hydrogen) atoms. The van der Waals surface area contributed by atoms with E-state index >= 15 is 0 Å². The molecule has 1 fully saturated rings. The number of nitrogens with zero attached hydrogens (tertiary/aromatic N) is 1. The number of amides is 1. The number of carbonyl (C=O) groups is 1. The zero-order chi connectivity index (χ0) is 18.1. The molecule has 2 aliphatic rings. The summed E-state index contributed by atoms with van der Waals surface area (Å²) in [6.07, 6.45) is 0. The minimum Gasteiger partial charge on any atom is -0.454 e. The van der Waals surface area contributed by atoms with Gasteiger partial charge in [0.2, 0.25) is 6.79 Å². The average Bonchev–Trinajstić information content (AvgIpc) is 3.12. The van der Waals surface area contributed by atoms with Gasteiger partial charge in [0.1, 0.15) is 6.54 Å². The zero-order valence-corrected chi connectivity index (χ0v) is 15.5. The van der Waals surface area contributed by atoms with Crippen LogP contribution in [0.2, 0.25) is 5.02 Å². The van der Waals surface area contributed by atoms with Crippen LogP contribution in [0.5, 0.6) is 11.5 Å². The molecule has 2 aliphatic heterocycles. The fourth-order valence-corrected chi connectivity index (χ4v) is 3.63. The standard InChI is InChI=1S/C20H21ClN2O3/c1-14-2-4-16(11-17(14)21)20(24)23-8-6-22(7-9-23)12-15-3-5-18-19(10-15)26-13-25-18/h2-5,10-11H,6-9,12-13H2,1H3/p+1. The van der Waals surface area contributed by atoms with Crippen molar-refractivity contribution in [3.05, 3.63) is 58.1 Å². The molecule has 0 unspecified atom stereocenters. The SMILES string of the molecule is Cc1ccc(C(=O)N2CC[NH+](Cc3ccc4c(c3)OCO4)CC2)cc1Cl. The van der Waals surface area contributed by atoms with E-state index in [-0.39, 0.29) is 5.91 Å². The Morgan fingerprint density at radius 1 is 1.12 bits per heavy atom. The van der Waals surface area contributed by atoms with Crippen LogP contribution in [0.3, 0.4) is 0 Å². The molecule has 6 heteroatoms. The highest BCUT2D eigenvalue weighted by molar-refractivity contribution is 6.31. The first kappa shape index (κ1) is 17.2. The number of nitrogens with one attached hydrogen (secondary N) is 1. The third-order valence-corrected chi connectivity index (χ3v) is 5.47. The lowest BCUT2D eigenvalue weighted by molar-refractivity contribution is -0.917. The predicted molar refractivity (Wildman–Crippen MR) is 99.1 cm³/mol. The molecule has 4 rings (SSSR count). The topological polar surface area (TPSA) is 43.2 Å². The highest BCUT2D eigenvalue weighted by Crippen LogP contribution is 2.32. The van der Waals surface area contributed by atoms with Gasteiger partial charge in [0.05, 0.1) is 26.2 Å². The molecule has 0 aromatic heterocycles. The van der Waals surface area contributed by atoms with E-state index in [1.54, 1.807) is 6.07 Å². The summed E-state index contributed by atoms with van der Waals surface area (Å²) < 4.78 is 10.8. The first-order chi connectivity index (χ1) is 12.6. The van der Waals surface area contributed by atoms with Gasteiger partial charge in [0, 0.05) is 16.1 Å². The monoisotopic (exact) mass is 373 g/mol. The quantitative estimate of drug-likeness (QED) is 0.894. The normalized spacial score (nSPS) is 16.8. The molecule has 1 N–H and O–H groups in total. The van der Waals surface area contributed by atoms with E-state index in [0.29, 0.717) is 17.4 Å². The summed E-state index contributed by atoms with van der Waals surface area (Å²) in [5.41, 5.74) is 2.88. The van der Waals surface area contributed by atoms with Crippen LogP contribution in [0.4, 0.5) is 0 Å². The van der Waals surface area contributed by atoms with E-state index < -0.39 is 0 Å². The Morgan fingerprint density at radius 2 is 1.88 bits per heavy atom. The lowest BCUT2D eigenvalue weighted by Gasteiger charge is -2.32. The number of hydrogen-bond acceptors (Lipinski definition) is 3. The summed E-state index contributed by atoms with van der Waals surface area (Å²) in [7, 11) is 0. The minimum absolute atomic E-state index is 0.0639. The summed E-state index contributed by atoms with van der Waals surface area (Å²) in [6.45, 7) is 6.54. The second-order valence-electron chi connectivity index (χ2n) is 6.87. The molecule has 0 atom stereocenters. The van der Waals surface area contributed by atoms with Gasteiger partial charge >= 0.3 is 0 Å². The number of quaternary nitrogens is 1. The van der Waals surface area contributed by atoms with Gasteiger partial charge in [0.15, 0.2) is 11.5 Å². The summed E-state index contributed by atoms with van der Waals surface area (Å²) in [5.74, 6) is 1.71. The molecule has 1 saturated heterocycles. The fraction of sp³-hybridized carbons (Fsp3) is 0.350. The number of ether oxygens (including phenoxy) is 2. The Labute approximate surface area is 158 Å². The van der Waals surface area contributed by atoms with Crippen molar-refractivity contribution >= 4 is 17.5 Å². The number of aryl methyl sites for hydroxylation is 1. The molecule has 0 spiro atoms. The first-order valence-electron chi connectivity index (χ1n) is 8.88. The van der Waals surface area contributed by atoms with Crippen LogP contribution in [0, 0.1) is 6.92 Å². The van der Waals surface area contributed by atoms with Crippen molar-refractivity contribution in [2.45, 2.75) is 13.5 Å². The number of rotatable bonds is 3. The van der Waals surface area contributed by atoms with Gasteiger partial charge in [-0.2, -0.15) is 0 Å². The fourth-order valence-electron chi connectivity index (χ4n) is 3.45. The maximum atomic E-state index is 12.7. The van der Waals surface area contributed by atoms with Crippen LogP contribution in [0.15, 0.2) is 36.4 Å². The Morgan fingerprint density at radius 3 is 2.65 bits per heavy atom. The van der Waals surface area contributed by atoms with E-state index in [9.17, 15) is 4.79 Å². The van der Waals surface area contributed by atoms with Crippen molar-refractivity contribution in [3.8, 4) is 11.5 Å². The number of hydrogen-bond donors (Lipinski definition) is 1. The number of fused-ring (bicyclic) bond motifs is 1. The van der Waals surface area contributed by atoms with Crippen molar-refractivity contribution in [1.82, 2.24) is 4.90 Å². The Hall–Kier alpha value is -2.24. The van der Waals surface area contributed by atoms with Gasteiger partial charge < -0.3 is 19.3 Å². The van der Waals surface area contributed by atoms with Crippen LogP contribution < -0.4 is 14.4 Å². The zero-order valence-electron chi connectivity index (χ0n) is 14.8. The second-order valence-corrected chi connectivity index (χ2v) is 7.28. The largest absolute Gasteiger partial charge is 0.454 e. The first-order valence-corrected chi connectivity index (χ1v) is 9.25.